The average molecular weight is 470 g/mol. The molecule has 34 heavy (non-hydrogen) atoms. The Morgan fingerprint density at radius 1 is 1.18 bits per heavy atom. The van der Waals surface area contributed by atoms with Crippen molar-refractivity contribution >= 4 is 11.6 Å². The molecule has 0 aromatic heterocycles. The number of aliphatic hydroxyl groups is 1. The molecule has 1 aliphatic rings. The summed E-state index contributed by atoms with van der Waals surface area (Å²) in [5, 5.41) is 12.7. The van der Waals surface area contributed by atoms with Gasteiger partial charge in [-0.05, 0) is 74.4 Å². The van der Waals surface area contributed by atoms with E-state index in [0.717, 1.165) is 55.1 Å². The number of nitrogens with two attached hydrogens (primary N) is 1. The number of anilines is 1. The van der Waals surface area contributed by atoms with E-state index in [1.54, 1.807) is 0 Å². The molecule has 1 amide bonds. The Morgan fingerprint density at radius 3 is 2.71 bits per heavy atom. The highest BCUT2D eigenvalue weighted by molar-refractivity contribution is 6.00. The molecule has 0 aliphatic carbocycles. The predicted octanol–water partition coefficient (Wildman–Crippen LogP) is 3.09. The lowest BCUT2D eigenvalue weighted by Gasteiger charge is -2.22. The summed E-state index contributed by atoms with van der Waals surface area (Å²) in [5.74, 6) is 1.16. The number of primary amides is 1. The van der Waals surface area contributed by atoms with E-state index in [2.05, 4.69) is 36.2 Å². The second kappa shape index (κ2) is 12.6. The fourth-order valence-corrected chi connectivity index (χ4v) is 4.53. The summed E-state index contributed by atoms with van der Waals surface area (Å²) in [7, 11) is 0. The second-order valence-electron chi connectivity index (χ2n) is 8.80. The van der Waals surface area contributed by atoms with Crippen molar-refractivity contribution in [2.24, 2.45) is 5.73 Å². The number of hydrogen-bond donors (Lipinski definition) is 3. The monoisotopic (exact) mass is 469 g/mol. The lowest BCUT2D eigenvalue weighted by atomic mass is 9.98. The molecule has 1 aliphatic heterocycles. The number of carbonyl (C=O) groups excluding carboxylic acids is 1. The van der Waals surface area contributed by atoms with Gasteiger partial charge in [-0.2, -0.15) is 0 Å². The topological polar surface area (TPSA) is 97.1 Å². The van der Waals surface area contributed by atoms with Crippen molar-refractivity contribution in [1.82, 2.24) is 5.32 Å². The molecule has 4 N–H and O–H groups in total. The first-order valence-electron chi connectivity index (χ1n) is 12.4. The summed E-state index contributed by atoms with van der Waals surface area (Å²) in [5.41, 5.74) is 10.7. The first kappa shape index (κ1) is 25.8. The maximum atomic E-state index is 12.2. The van der Waals surface area contributed by atoms with Crippen LogP contribution in [0.4, 0.5) is 5.69 Å². The molecule has 0 saturated heterocycles. The normalized spacial score (nSPS) is 13.6. The minimum Gasteiger partial charge on any atom is -0.490 e. The third-order valence-electron chi connectivity index (χ3n) is 6.18. The summed E-state index contributed by atoms with van der Waals surface area (Å²) in [6.07, 6.45) is 3.32. The van der Waals surface area contributed by atoms with Crippen molar-refractivity contribution in [2.75, 3.05) is 44.4 Å². The Balaban J connectivity index is 1.56. The van der Waals surface area contributed by atoms with E-state index < -0.39 is 5.91 Å². The van der Waals surface area contributed by atoms with Crippen molar-refractivity contribution in [3.05, 3.63) is 52.6 Å². The average Bonchev–Trinajstić information content (AvgIpc) is 3.23. The summed E-state index contributed by atoms with van der Waals surface area (Å²) >= 11 is 0. The maximum Gasteiger partial charge on any atom is 0.250 e. The van der Waals surface area contributed by atoms with E-state index in [0.29, 0.717) is 31.7 Å². The van der Waals surface area contributed by atoms with Gasteiger partial charge in [-0.15, -0.1) is 0 Å². The third-order valence-corrected chi connectivity index (χ3v) is 6.18. The number of aryl methyl sites for hydroxylation is 1. The molecule has 1 unspecified atom stereocenters. The van der Waals surface area contributed by atoms with Crippen LogP contribution >= 0.6 is 0 Å². The van der Waals surface area contributed by atoms with Gasteiger partial charge in [0.2, 0.25) is 0 Å². The van der Waals surface area contributed by atoms with Crippen LogP contribution in [0.1, 0.15) is 54.2 Å². The molecule has 1 atom stereocenters. The largest absolute Gasteiger partial charge is 0.490 e. The van der Waals surface area contributed by atoms with Gasteiger partial charge in [-0.25, -0.2) is 0 Å². The zero-order valence-electron chi connectivity index (χ0n) is 20.7. The van der Waals surface area contributed by atoms with E-state index in [4.69, 9.17) is 20.3 Å². The van der Waals surface area contributed by atoms with Gasteiger partial charge in [-0.3, -0.25) is 4.79 Å². The standard InChI is InChI=1S/C27H39N3O4/c1-4-20-7-8-24(25(18-20)33-5-2)34-14-10-29-19(3)15-21-16-22-9-12-30(11-6-13-31)26(22)23(17-21)27(28)32/h7-8,16-19,29,31H,4-6,9-15H2,1-3H3,(H2,28,32). The van der Waals surface area contributed by atoms with Crippen LogP contribution in [0.25, 0.3) is 0 Å². The van der Waals surface area contributed by atoms with Crippen molar-refractivity contribution in [2.45, 2.75) is 52.5 Å². The van der Waals surface area contributed by atoms with Crippen LogP contribution in [0.3, 0.4) is 0 Å². The maximum absolute atomic E-state index is 12.2. The Labute approximate surface area is 203 Å². The number of aliphatic hydroxyl groups excluding tert-OH is 1. The number of carbonyl (C=O) groups is 1. The molecule has 186 valence electrons. The molecule has 7 heteroatoms. The van der Waals surface area contributed by atoms with E-state index >= 15 is 0 Å². The van der Waals surface area contributed by atoms with Gasteiger partial charge < -0.3 is 30.5 Å². The van der Waals surface area contributed by atoms with Crippen molar-refractivity contribution in [3.8, 4) is 11.5 Å². The Bertz CT molecular complexity index is 963. The molecular formula is C27H39N3O4. The molecule has 0 spiro atoms. The summed E-state index contributed by atoms with van der Waals surface area (Å²) in [4.78, 5) is 14.3. The number of nitrogens with zero attached hydrogens (tertiary/aromatic N) is 1. The second-order valence-corrected chi connectivity index (χ2v) is 8.80. The van der Waals surface area contributed by atoms with Crippen LogP contribution in [-0.4, -0.2) is 56.5 Å². The minimum absolute atomic E-state index is 0.139. The predicted molar refractivity (Wildman–Crippen MR) is 136 cm³/mol. The third kappa shape index (κ3) is 6.64. The van der Waals surface area contributed by atoms with Crippen LogP contribution in [-0.2, 0) is 19.3 Å². The van der Waals surface area contributed by atoms with E-state index in [9.17, 15) is 4.79 Å². The summed E-state index contributed by atoms with van der Waals surface area (Å²) in [6.45, 7) is 9.79. The molecule has 0 radical (unpaired) electrons. The first-order valence-corrected chi connectivity index (χ1v) is 12.4. The van der Waals surface area contributed by atoms with E-state index in [1.807, 2.05) is 25.1 Å². The van der Waals surface area contributed by atoms with Crippen molar-refractivity contribution in [1.29, 1.82) is 0 Å². The number of hydrogen-bond acceptors (Lipinski definition) is 6. The van der Waals surface area contributed by atoms with Crippen molar-refractivity contribution in [3.63, 3.8) is 0 Å². The van der Waals surface area contributed by atoms with E-state index in [1.165, 1.54) is 11.1 Å². The lowest BCUT2D eigenvalue weighted by Crippen LogP contribution is -2.32. The molecule has 0 bridgehead atoms. The summed E-state index contributed by atoms with van der Waals surface area (Å²) in [6, 6.07) is 10.4. The SMILES string of the molecule is CCOc1cc(CC)ccc1OCCNC(C)Cc1cc2c(c(C(N)=O)c1)N(CCCO)CC2. The van der Waals surface area contributed by atoms with Gasteiger partial charge in [0.15, 0.2) is 11.5 Å². The molecule has 2 aromatic carbocycles. The van der Waals surface area contributed by atoms with Crippen LogP contribution in [0, 0.1) is 0 Å². The van der Waals surface area contributed by atoms with Crippen LogP contribution < -0.4 is 25.4 Å². The molecule has 0 saturated carbocycles. The molecular weight excluding hydrogens is 430 g/mol. The number of fused-ring (bicyclic) bond motifs is 1. The number of nitrogens with one attached hydrogen (secondary N) is 1. The fraction of sp³-hybridized carbons (Fsp3) is 0.519. The number of amides is 1. The quantitative estimate of drug-likeness (QED) is 0.368. The molecule has 7 nitrogen and oxygen atoms in total. The van der Waals surface area contributed by atoms with Crippen LogP contribution in [0.5, 0.6) is 11.5 Å². The van der Waals surface area contributed by atoms with Gasteiger partial charge in [0.05, 0.1) is 17.9 Å². The minimum atomic E-state index is -0.401. The van der Waals surface area contributed by atoms with Gasteiger partial charge in [-0.1, -0.05) is 19.1 Å². The smallest absolute Gasteiger partial charge is 0.250 e. The first-order chi connectivity index (χ1) is 16.5. The zero-order chi connectivity index (χ0) is 24.5. The van der Waals surface area contributed by atoms with E-state index in [-0.39, 0.29) is 12.6 Å². The highest BCUT2D eigenvalue weighted by atomic mass is 16.5. The van der Waals surface area contributed by atoms with Gasteiger partial charge >= 0.3 is 0 Å². The molecule has 3 rings (SSSR count). The van der Waals surface area contributed by atoms with Gasteiger partial charge in [0.1, 0.15) is 6.61 Å². The van der Waals surface area contributed by atoms with Gasteiger partial charge in [0.25, 0.3) is 5.91 Å². The van der Waals surface area contributed by atoms with Crippen LogP contribution in [0.15, 0.2) is 30.3 Å². The summed E-state index contributed by atoms with van der Waals surface area (Å²) < 4.78 is 11.7. The highest BCUT2D eigenvalue weighted by Gasteiger charge is 2.25. The Hall–Kier alpha value is -2.77. The molecule has 0 fully saturated rings. The Morgan fingerprint density at radius 2 is 2.00 bits per heavy atom. The fourth-order valence-electron chi connectivity index (χ4n) is 4.53. The Kier molecular flexibility index (Phi) is 9.60. The lowest BCUT2D eigenvalue weighted by molar-refractivity contribution is 0.100. The molecule has 1 heterocycles. The highest BCUT2D eigenvalue weighted by Crippen LogP contribution is 2.33. The zero-order valence-corrected chi connectivity index (χ0v) is 20.7. The number of benzene rings is 2. The number of rotatable bonds is 14. The van der Waals surface area contributed by atoms with Gasteiger partial charge in [0, 0.05) is 32.3 Å². The molecule has 2 aromatic rings. The van der Waals surface area contributed by atoms with Crippen molar-refractivity contribution < 1.29 is 19.4 Å². The van der Waals surface area contributed by atoms with Crippen LogP contribution in [0.2, 0.25) is 0 Å². The number of ether oxygens (including phenoxy) is 2.